The fraction of sp³-hybridized carbons (Fsp3) is 0.429. The Hall–Kier alpha value is -4.33. The number of para-hydroxylation sites is 2. The van der Waals surface area contributed by atoms with E-state index < -0.39 is 10.1 Å². The summed E-state index contributed by atoms with van der Waals surface area (Å²) in [7, 11) is 1.04. The van der Waals surface area contributed by atoms with Crippen LogP contribution in [-0.4, -0.2) is 105 Å². The van der Waals surface area contributed by atoms with E-state index in [2.05, 4.69) is 51.6 Å². The summed E-state index contributed by atoms with van der Waals surface area (Å²) in [5, 5.41) is 3.62. The molecule has 1 unspecified atom stereocenters. The second kappa shape index (κ2) is 15.3. The van der Waals surface area contributed by atoms with Crippen molar-refractivity contribution in [3.63, 3.8) is 0 Å². The number of hydrogen-bond donors (Lipinski definition) is 3. The van der Waals surface area contributed by atoms with Crippen molar-refractivity contribution in [2.75, 3.05) is 65.6 Å². The number of benzene rings is 3. The number of methoxy groups -OCH3 is 3. The molecular formula is C35H45N5O7S. The third-order valence-corrected chi connectivity index (χ3v) is 9.16. The minimum Gasteiger partial charge on any atom is -0.493 e. The van der Waals surface area contributed by atoms with Gasteiger partial charge in [-0.1, -0.05) is 42.5 Å². The van der Waals surface area contributed by atoms with Crippen molar-refractivity contribution in [3.8, 4) is 17.2 Å². The van der Waals surface area contributed by atoms with E-state index in [0.29, 0.717) is 48.2 Å². The summed E-state index contributed by atoms with van der Waals surface area (Å²) in [6, 6.07) is 22.7. The predicted molar refractivity (Wildman–Crippen MR) is 186 cm³/mol. The van der Waals surface area contributed by atoms with E-state index in [-0.39, 0.29) is 11.3 Å². The maximum atomic E-state index is 13.8. The minimum absolute atomic E-state index is 0.0189. The molecule has 1 amide bonds. The van der Waals surface area contributed by atoms with Gasteiger partial charge in [0.05, 0.1) is 38.6 Å². The molecule has 258 valence electrons. The highest BCUT2D eigenvalue weighted by Gasteiger charge is 2.42. The minimum atomic E-state index is -3.67. The molecular weight excluding hydrogens is 634 g/mol. The first-order valence-electron chi connectivity index (χ1n) is 16.0. The van der Waals surface area contributed by atoms with Crippen LogP contribution >= 0.6 is 0 Å². The summed E-state index contributed by atoms with van der Waals surface area (Å²) in [6.45, 7) is 4.45. The van der Waals surface area contributed by atoms with Gasteiger partial charge in [-0.25, -0.2) is 4.98 Å². The zero-order valence-corrected chi connectivity index (χ0v) is 28.8. The van der Waals surface area contributed by atoms with Crippen LogP contribution in [0.4, 0.5) is 5.95 Å². The number of aromatic nitrogens is 2. The average Bonchev–Trinajstić information content (AvgIpc) is 3.71. The summed E-state index contributed by atoms with van der Waals surface area (Å²) < 4.78 is 42.4. The van der Waals surface area contributed by atoms with E-state index >= 15 is 0 Å². The number of imidazole rings is 1. The van der Waals surface area contributed by atoms with Gasteiger partial charge in [0.15, 0.2) is 11.5 Å². The fourth-order valence-corrected chi connectivity index (χ4v) is 6.70. The molecule has 0 saturated carbocycles. The molecule has 4 aromatic rings. The Morgan fingerprint density at radius 1 is 0.979 bits per heavy atom. The number of ether oxygens (including phenoxy) is 3. The molecule has 0 aliphatic carbocycles. The van der Waals surface area contributed by atoms with Gasteiger partial charge in [-0.05, 0) is 62.1 Å². The normalized spacial score (nSPS) is 18.6. The predicted octanol–water partition coefficient (Wildman–Crippen LogP) is 4.84. The number of carbonyl (C=O) groups is 1. The van der Waals surface area contributed by atoms with E-state index in [1.165, 1.54) is 5.56 Å². The van der Waals surface area contributed by atoms with Crippen molar-refractivity contribution in [1.82, 2.24) is 19.8 Å². The standard InChI is InChI=1S/C34H41N5O4.CH4O3S/c1-41-29-21-24(22-30(42-2)31(29)43-3)32(40)39-20-16-34(23-39,25-9-5-4-6-10-25)15-19-38-17-13-26(14-18-38)35-33-36-27-11-7-8-12-28(27)37-33;1-5(2,3)4/h4-12,21-22,26H,13-20,23H2,1-3H3,(H2,35,36,37);1H3,(H,2,3,4). The molecule has 3 heterocycles. The van der Waals surface area contributed by atoms with Crippen molar-refractivity contribution in [2.24, 2.45) is 0 Å². The lowest BCUT2D eigenvalue weighted by atomic mass is 9.76. The Bertz CT molecular complexity index is 1730. The molecule has 48 heavy (non-hydrogen) atoms. The lowest BCUT2D eigenvalue weighted by Gasteiger charge is -2.36. The number of hydrogen-bond acceptors (Lipinski definition) is 9. The molecule has 13 heteroatoms. The molecule has 1 atom stereocenters. The monoisotopic (exact) mass is 679 g/mol. The molecule has 2 aliphatic rings. The van der Waals surface area contributed by atoms with Gasteiger partial charge in [-0.15, -0.1) is 0 Å². The Kier molecular flexibility index (Phi) is 11.1. The number of H-pyrrole nitrogens is 1. The number of rotatable bonds is 10. The first-order valence-corrected chi connectivity index (χ1v) is 17.9. The number of aromatic amines is 1. The van der Waals surface area contributed by atoms with Crippen LogP contribution in [0.15, 0.2) is 66.7 Å². The van der Waals surface area contributed by atoms with Crippen LogP contribution in [0.5, 0.6) is 17.2 Å². The van der Waals surface area contributed by atoms with Crippen LogP contribution in [0, 0.1) is 0 Å². The highest BCUT2D eigenvalue weighted by atomic mass is 32.2. The van der Waals surface area contributed by atoms with Gasteiger partial charge in [-0.2, -0.15) is 8.42 Å². The third-order valence-electron chi connectivity index (χ3n) is 9.16. The Balaban J connectivity index is 0.000000840. The molecule has 2 fully saturated rings. The number of carbonyl (C=O) groups excluding carboxylic acids is 1. The molecule has 0 radical (unpaired) electrons. The SMILES string of the molecule is COc1cc(C(=O)N2CCC(CCN3CCC(Nc4nc5ccccc5[nH]4)CC3)(c3ccccc3)C2)cc(OC)c1OC.CS(=O)(=O)O. The highest BCUT2D eigenvalue weighted by Crippen LogP contribution is 2.41. The number of nitrogens with zero attached hydrogens (tertiary/aromatic N) is 3. The Labute approximate surface area is 282 Å². The van der Waals surface area contributed by atoms with E-state index in [1.54, 1.807) is 33.5 Å². The molecule has 2 aliphatic heterocycles. The first kappa shape index (κ1) is 35.0. The molecule has 0 bridgehead atoms. The number of likely N-dealkylation sites (tertiary alicyclic amines) is 2. The average molecular weight is 680 g/mol. The quantitative estimate of drug-likeness (QED) is 0.199. The number of nitrogens with one attached hydrogen (secondary N) is 2. The van der Waals surface area contributed by atoms with E-state index in [9.17, 15) is 13.2 Å². The number of fused-ring (bicyclic) bond motifs is 1. The van der Waals surface area contributed by atoms with Crippen LogP contribution in [0.2, 0.25) is 0 Å². The van der Waals surface area contributed by atoms with E-state index in [0.717, 1.165) is 62.3 Å². The zero-order chi connectivity index (χ0) is 34.3. The van der Waals surface area contributed by atoms with Gasteiger partial charge in [0.1, 0.15) is 0 Å². The smallest absolute Gasteiger partial charge is 0.261 e. The van der Waals surface area contributed by atoms with Gasteiger partial charge in [0, 0.05) is 43.2 Å². The van der Waals surface area contributed by atoms with Crippen molar-refractivity contribution in [2.45, 2.75) is 37.1 Å². The Morgan fingerprint density at radius 2 is 1.60 bits per heavy atom. The van der Waals surface area contributed by atoms with Gasteiger partial charge in [0.2, 0.25) is 11.7 Å². The number of anilines is 1. The molecule has 6 rings (SSSR count). The lowest BCUT2D eigenvalue weighted by molar-refractivity contribution is 0.0779. The van der Waals surface area contributed by atoms with Crippen molar-refractivity contribution in [3.05, 3.63) is 77.9 Å². The number of amides is 1. The van der Waals surface area contributed by atoms with Crippen molar-refractivity contribution in [1.29, 1.82) is 0 Å². The lowest BCUT2D eigenvalue weighted by Crippen LogP contribution is -2.42. The van der Waals surface area contributed by atoms with Gasteiger partial charge in [0.25, 0.3) is 16.0 Å². The van der Waals surface area contributed by atoms with Crippen LogP contribution in [0.25, 0.3) is 11.0 Å². The summed E-state index contributed by atoms with van der Waals surface area (Å²) in [4.78, 5) is 26.4. The highest BCUT2D eigenvalue weighted by molar-refractivity contribution is 7.85. The van der Waals surface area contributed by atoms with Crippen LogP contribution in [0.3, 0.4) is 0 Å². The maximum absolute atomic E-state index is 13.8. The zero-order valence-electron chi connectivity index (χ0n) is 27.9. The molecule has 1 aromatic heterocycles. The summed E-state index contributed by atoms with van der Waals surface area (Å²) in [5.74, 6) is 2.28. The third kappa shape index (κ3) is 8.57. The summed E-state index contributed by atoms with van der Waals surface area (Å²) >= 11 is 0. The second-order valence-electron chi connectivity index (χ2n) is 12.4. The van der Waals surface area contributed by atoms with E-state index in [1.807, 2.05) is 23.1 Å². The van der Waals surface area contributed by atoms with Crippen molar-refractivity contribution < 1.29 is 32.0 Å². The van der Waals surface area contributed by atoms with Gasteiger partial charge < -0.3 is 34.3 Å². The maximum Gasteiger partial charge on any atom is 0.261 e. The first-order chi connectivity index (χ1) is 23.0. The second-order valence-corrected chi connectivity index (χ2v) is 13.8. The fourth-order valence-electron chi connectivity index (χ4n) is 6.70. The van der Waals surface area contributed by atoms with Gasteiger partial charge >= 0.3 is 0 Å². The molecule has 3 N–H and O–H groups in total. The van der Waals surface area contributed by atoms with Gasteiger partial charge in [-0.3, -0.25) is 9.35 Å². The van der Waals surface area contributed by atoms with Crippen LogP contribution in [-0.2, 0) is 15.5 Å². The summed E-state index contributed by atoms with van der Waals surface area (Å²) in [6.07, 6.45) is 4.78. The topological polar surface area (TPSA) is 146 Å². The van der Waals surface area contributed by atoms with Crippen molar-refractivity contribution >= 4 is 33.0 Å². The number of piperidine rings is 1. The largest absolute Gasteiger partial charge is 0.493 e. The van der Waals surface area contributed by atoms with E-state index in [4.69, 9.17) is 23.7 Å². The van der Waals surface area contributed by atoms with Crippen LogP contribution in [0.1, 0.15) is 41.6 Å². The molecule has 2 saturated heterocycles. The summed E-state index contributed by atoms with van der Waals surface area (Å²) in [5.41, 5.74) is 3.79. The van der Waals surface area contributed by atoms with Crippen LogP contribution < -0.4 is 19.5 Å². The Morgan fingerprint density at radius 3 is 2.21 bits per heavy atom. The molecule has 0 spiro atoms. The molecule has 12 nitrogen and oxygen atoms in total. The molecule has 3 aromatic carbocycles.